The first-order chi connectivity index (χ1) is 16.0. The molecule has 3 fully saturated rings. The zero-order valence-corrected chi connectivity index (χ0v) is 19.2. The van der Waals surface area contributed by atoms with Crippen LogP contribution in [-0.2, 0) is 14.3 Å². The molecule has 170 valence electrons. The minimum absolute atomic E-state index is 0.0235. The number of benzene rings is 2. The second kappa shape index (κ2) is 7.56. The largest absolute Gasteiger partial charge is 0.359 e. The summed E-state index contributed by atoms with van der Waals surface area (Å²) >= 11 is 0. The van der Waals surface area contributed by atoms with Gasteiger partial charge in [-0.2, -0.15) is 0 Å². The van der Waals surface area contributed by atoms with Crippen molar-refractivity contribution in [1.82, 2.24) is 5.32 Å². The number of rotatable bonds is 4. The molecule has 2 bridgehead atoms. The van der Waals surface area contributed by atoms with Gasteiger partial charge in [0.1, 0.15) is 11.6 Å². The van der Waals surface area contributed by atoms with E-state index < -0.39 is 17.6 Å². The van der Waals surface area contributed by atoms with Gasteiger partial charge in [0.05, 0.1) is 12.0 Å². The summed E-state index contributed by atoms with van der Waals surface area (Å²) in [5.41, 5.74) is 3.15. The van der Waals surface area contributed by atoms with E-state index in [2.05, 4.69) is 42.6 Å². The highest BCUT2D eigenvalue weighted by molar-refractivity contribution is 6.09. The van der Waals surface area contributed by atoms with Gasteiger partial charge in [-0.05, 0) is 49.9 Å². The van der Waals surface area contributed by atoms with Crippen molar-refractivity contribution in [3.63, 3.8) is 0 Å². The van der Waals surface area contributed by atoms with Crippen LogP contribution in [0.4, 0.5) is 5.69 Å². The quantitative estimate of drug-likeness (QED) is 0.723. The fourth-order valence-electron chi connectivity index (χ4n) is 6.45. The van der Waals surface area contributed by atoms with Crippen LogP contribution in [0.2, 0.25) is 0 Å². The average molecular weight is 443 g/mol. The molecule has 6 rings (SSSR count). The molecule has 1 aliphatic carbocycles. The summed E-state index contributed by atoms with van der Waals surface area (Å²) in [4.78, 5) is 29.6. The van der Waals surface area contributed by atoms with Gasteiger partial charge in [0.25, 0.3) is 0 Å². The van der Waals surface area contributed by atoms with Gasteiger partial charge in [0, 0.05) is 17.6 Å². The van der Waals surface area contributed by atoms with Gasteiger partial charge in [0.2, 0.25) is 11.8 Å². The summed E-state index contributed by atoms with van der Waals surface area (Å²) in [5.74, 6) is -0.645. The Bertz CT molecular complexity index is 1130. The maximum absolute atomic E-state index is 14.1. The smallest absolute Gasteiger partial charge is 0.246 e. The molecule has 2 aromatic rings. The highest BCUT2D eigenvalue weighted by Gasteiger charge is 2.71. The second-order valence-corrected chi connectivity index (χ2v) is 10.1. The molecule has 2 aromatic carbocycles. The molecule has 1 N–H and O–H groups in total. The molecule has 0 aromatic heterocycles. The fourth-order valence-corrected chi connectivity index (χ4v) is 6.45. The molecule has 5 atom stereocenters. The van der Waals surface area contributed by atoms with Gasteiger partial charge in [-0.25, -0.2) is 0 Å². The standard InChI is InChI=1S/C28H30N2O3/c1-17-10-12-19(13-11-17)23-22-14-15-28(33-22)24(23)27(32)30(21-9-5-6-18(2)16-21)25(28)26(31)29-20-7-3-4-8-20/h5-6,9-16,20,22-25H,3-4,7-8H2,1-2H3,(H,29,31)/t22-,23-,24+,25-,28+/m1/s1. The number of carbonyl (C=O) groups excluding carboxylic acids is 2. The Morgan fingerprint density at radius 2 is 1.82 bits per heavy atom. The minimum Gasteiger partial charge on any atom is -0.359 e. The monoisotopic (exact) mass is 442 g/mol. The Morgan fingerprint density at radius 1 is 1.06 bits per heavy atom. The zero-order valence-electron chi connectivity index (χ0n) is 19.2. The number of nitrogens with zero attached hydrogens (tertiary/aromatic N) is 1. The van der Waals surface area contributed by atoms with E-state index in [-0.39, 0.29) is 29.9 Å². The van der Waals surface area contributed by atoms with Gasteiger partial charge < -0.3 is 10.1 Å². The Morgan fingerprint density at radius 3 is 2.55 bits per heavy atom. The molecule has 0 unspecified atom stereocenters. The molecule has 2 amide bonds. The van der Waals surface area contributed by atoms with Crippen LogP contribution in [-0.4, -0.2) is 35.6 Å². The topological polar surface area (TPSA) is 58.6 Å². The van der Waals surface area contributed by atoms with Crippen molar-refractivity contribution in [2.45, 2.75) is 69.2 Å². The van der Waals surface area contributed by atoms with Gasteiger partial charge in [-0.15, -0.1) is 0 Å². The highest BCUT2D eigenvalue weighted by Crippen LogP contribution is 2.59. The SMILES string of the molecule is Cc1ccc([C@H]2[C@H]3C(=O)N(c4cccc(C)c4)[C@H](C(=O)NC4CCCC4)[C@]34C=C[C@H]2O4)cc1. The molecular formula is C28H30N2O3. The molecule has 3 heterocycles. The van der Waals surface area contributed by atoms with E-state index in [9.17, 15) is 9.59 Å². The normalized spacial score (nSPS) is 32.5. The summed E-state index contributed by atoms with van der Waals surface area (Å²) in [6, 6.07) is 15.7. The van der Waals surface area contributed by atoms with E-state index in [1.54, 1.807) is 4.90 Å². The predicted octanol–water partition coefficient (Wildman–Crippen LogP) is 4.18. The number of hydrogen-bond acceptors (Lipinski definition) is 3. The van der Waals surface area contributed by atoms with Gasteiger partial charge >= 0.3 is 0 Å². The van der Waals surface area contributed by atoms with E-state index in [1.165, 1.54) is 5.56 Å². The zero-order chi connectivity index (χ0) is 22.7. The van der Waals surface area contributed by atoms with E-state index in [0.717, 1.165) is 42.5 Å². The predicted molar refractivity (Wildman–Crippen MR) is 127 cm³/mol. The second-order valence-electron chi connectivity index (χ2n) is 10.1. The molecule has 1 spiro atoms. The Kier molecular flexibility index (Phi) is 4.73. The van der Waals surface area contributed by atoms with Crippen molar-refractivity contribution < 1.29 is 14.3 Å². The lowest BCUT2D eigenvalue weighted by molar-refractivity contribution is -0.127. The molecule has 4 aliphatic rings. The van der Waals surface area contributed by atoms with Crippen molar-refractivity contribution in [3.8, 4) is 0 Å². The van der Waals surface area contributed by atoms with Crippen molar-refractivity contribution in [2.75, 3.05) is 4.90 Å². The summed E-state index contributed by atoms with van der Waals surface area (Å²) in [5, 5.41) is 3.26. The Hall–Kier alpha value is -2.92. The lowest BCUT2D eigenvalue weighted by Gasteiger charge is -2.33. The fraction of sp³-hybridized carbons (Fsp3) is 0.429. The lowest BCUT2D eigenvalue weighted by atomic mass is 9.72. The Balaban J connectivity index is 1.45. The van der Waals surface area contributed by atoms with Crippen molar-refractivity contribution in [1.29, 1.82) is 0 Å². The third-order valence-electron chi connectivity index (χ3n) is 7.97. The third-order valence-corrected chi connectivity index (χ3v) is 7.97. The summed E-state index contributed by atoms with van der Waals surface area (Å²) in [6.45, 7) is 4.07. The number of anilines is 1. The van der Waals surface area contributed by atoms with Crippen molar-refractivity contribution in [2.24, 2.45) is 5.92 Å². The van der Waals surface area contributed by atoms with Crippen LogP contribution in [0.5, 0.6) is 0 Å². The van der Waals surface area contributed by atoms with Crippen LogP contribution < -0.4 is 10.2 Å². The first-order valence-electron chi connectivity index (χ1n) is 12.1. The van der Waals surface area contributed by atoms with E-state index >= 15 is 0 Å². The van der Waals surface area contributed by atoms with Gasteiger partial charge in [0.15, 0.2) is 0 Å². The van der Waals surface area contributed by atoms with Gasteiger partial charge in [-0.1, -0.05) is 67.0 Å². The maximum atomic E-state index is 14.1. The molecule has 33 heavy (non-hydrogen) atoms. The summed E-state index contributed by atoms with van der Waals surface area (Å²) in [7, 11) is 0. The van der Waals surface area contributed by atoms with Gasteiger partial charge in [-0.3, -0.25) is 14.5 Å². The number of hydrogen-bond donors (Lipinski definition) is 1. The minimum atomic E-state index is -0.941. The number of nitrogens with one attached hydrogen (secondary N) is 1. The van der Waals surface area contributed by atoms with Crippen LogP contribution in [0.1, 0.15) is 48.3 Å². The Labute approximate surface area is 194 Å². The summed E-state index contributed by atoms with van der Waals surface area (Å²) < 4.78 is 6.60. The van der Waals surface area contributed by atoms with E-state index in [1.807, 2.05) is 37.3 Å². The number of amides is 2. The third kappa shape index (κ3) is 3.09. The number of ether oxygens (including phenoxy) is 1. The first-order valence-corrected chi connectivity index (χ1v) is 12.1. The molecule has 1 saturated carbocycles. The highest BCUT2D eigenvalue weighted by atomic mass is 16.5. The molecule has 2 saturated heterocycles. The average Bonchev–Trinajstić information content (AvgIpc) is 3.56. The van der Waals surface area contributed by atoms with Crippen LogP contribution >= 0.6 is 0 Å². The molecule has 5 heteroatoms. The molecule has 5 nitrogen and oxygen atoms in total. The van der Waals surface area contributed by atoms with E-state index in [0.29, 0.717) is 0 Å². The lowest BCUT2D eigenvalue weighted by Crippen LogP contribution is -2.56. The van der Waals surface area contributed by atoms with Crippen LogP contribution in [0.3, 0.4) is 0 Å². The van der Waals surface area contributed by atoms with Crippen LogP contribution in [0, 0.1) is 19.8 Å². The van der Waals surface area contributed by atoms with Crippen molar-refractivity contribution in [3.05, 3.63) is 77.4 Å². The molecule has 0 radical (unpaired) electrons. The van der Waals surface area contributed by atoms with Crippen LogP contribution in [0.15, 0.2) is 60.7 Å². The molecule has 3 aliphatic heterocycles. The summed E-state index contributed by atoms with van der Waals surface area (Å²) in [6.07, 6.45) is 8.14. The number of carbonyl (C=O) groups is 2. The number of fused-ring (bicyclic) bond motifs is 1. The van der Waals surface area contributed by atoms with E-state index in [4.69, 9.17) is 4.74 Å². The molecular weight excluding hydrogens is 412 g/mol. The van der Waals surface area contributed by atoms with Crippen molar-refractivity contribution >= 4 is 17.5 Å². The first kappa shape index (κ1) is 20.7. The number of aryl methyl sites for hydroxylation is 2. The maximum Gasteiger partial charge on any atom is 0.246 e. The van der Waals surface area contributed by atoms with Crippen LogP contribution in [0.25, 0.3) is 0 Å².